The van der Waals surface area contributed by atoms with Gasteiger partial charge in [-0.05, 0) is 25.5 Å². The van der Waals surface area contributed by atoms with Gasteiger partial charge in [0.2, 0.25) is 0 Å². The molecule has 0 spiro atoms. The van der Waals surface area contributed by atoms with Crippen molar-refractivity contribution in [2.24, 2.45) is 0 Å². The predicted molar refractivity (Wildman–Crippen MR) is 56.0 cm³/mol. The molecule has 0 aliphatic rings. The number of hydrogen-bond donors (Lipinski definition) is 1. The van der Waals surface area contributed by atoms with Crippen LogP contribution in [0.4, 0.5) is 8.78 Å². The fourth-order valence-corrected chi connectivity index (χ4v) is 1.68. The number of benzene rings is 1. The third-order valence-electron chi connectivity index (χ3n) is 2.45. The summed E-state index contributed by atoms with van der Waals surface area (Å²) in [5.74, 6) is -0.814. The smallest absolute Gasteiger partial charge is 0.133 e. The predicted octanol–water partition coefficient (Wildman–Crippen LogP) is 3.13. The SMILES string of the molecule is CC(CO)c1cccc(F)c1C(C)(C)F. The molecule has 84 valence electrons. The Bertz CT molecular complexity index is 342. The first kappa shape index (κ1) is 12.1. The van der Waals surface area contributed by atoms with E-state index in [1.54, 1.807) is 13.0 Å². The molecule has 1 unspecified atom stereocenters. The molecule has 1 nitrogen and oxygen atoms in total. The fourth-order valence-electron chi connectivity index (χ4n) is 1.68. The average molecular weight is 214 g/mol. The maximum atomic E-state index is 13.8. The lowest BCUT2D eigenvalue weighted by molar-refractivity contribution is 0.208. The lowest BCUT2D eigenvalue weighted by atomic mass is 9.88. The molecule has 0 aromatic heterocycles. The summed E-state index contributed by atoms with van der Waals surface area (Å²) in [6.45, 7) is 4.26. The molecule has 0 amide bonds. The molecule has 0 fully saturated rings. The first-order chi connectivity index (χ1) is 6.88. The Morgan fingerprint density at radius 1 is 1.40 bits per heavy atom. The summed E-state index contributed by atoms with van der Waals surface area (Å²) in [6, 6.07) is 4.43. The number of halogens is 2. The lowest BCUT2D eigenvalue weighted by Gasteiger charge is -2.22. The highest BCUT2D eigenvalue weighted by atomic mass is 19.1. The Hall–Kier alpha value is -0.960. The van der Waals surface area contributed by atoms with Crippen molar-refractivity contribution in [2.75, 3.05) is 6.61 Å². The van der Waals surface area contributed by atoms with E-state index in [0.717, 1.165) is 0 Å². The van der Waals surface area contributed by atoms with Gasteiger partial charge >= 0.3 is 0 Å². The van der Waals surface area contributed by atoms with Crippen LogP contribution in [0, 0.1) is 5.82 Å². The van der Waals surface area contributed by atoms with Gasteiger partial charge in [-0.25, -0.2) is 8.78 Å². The molecule has 0 saturated heterocycles. The number of hydrogen-bond acceptors (Lipinski definition) is 1. The van der Waals surface area contributed by atoms with E-state index in [9.17, 15) is 8.78 Å². The molecule has 0 aliphatic carbocycles. The highest BCUT2D eigenvalue weighted by Gasteiger charge is 2.27. The summed E-state index contributed by atoms with van der Waals surface area (Å²) < 4.78 is 27.3. The Labute approximate surface area is 88.7 Å². The van der Waals surface area contributed by atoms with Gasteiger partial charge in [0, 0.05) is 18.1 Å². The van der Waals surface area contributed by atoms with E-state index in [1.165, 1.54) is 26.0 Å². The molecule has 1 aromatic rings. The molecule has 0 radical (unpaired) electrons. The molecule has 0 heterocycles. The van der Waals surface area contributed by atoms with Crippen LogP contribution in [-0.2, 0) is 5.67 Å². The summed E-state index contributed by atoms with van der Waals surface area (Å²) in [5, 5.41) is 9.02. The van der Waals surface area contributed by atoms with E-state index in [0.29, 0.717) is 5.56 Å². The van der Waals surface area contributed by atoms with Crippen molar-refractivity contribution in [3.63, 3.8) is 0 Å². The van der Waals surface area contributed by atoms with Crippen LogP contribution in [0.25, 0.3) is 0 Å². The largest absolute Gasteiger partial charge is 0.396 e. The van der Waals surface area contributed by atoms with Crippen molar-refractivity contribution in [2.45, 2.75) is 32.4 Å². The first-order valence-electron chi connectivity index (χ1n) is 4.96. The second-order valence-corrected chi connectivity index (χ2v) is 4.26. The van der Waals surface area contributed by atoms with Crippen LogP contribution in [0.1, 0.15) is 37.8 Å². The third kappa shape index (κ3) is 2.53. The van der Waals surface area contributed by atoms with Crippen LogP contribution in [0.5, 0.6) is 0 Å². The number of aliphatic hydroxyl groups excluding tert-OH is 1. The van der Waals surface area contributed by atoms with Crippen molar-refractivity contribution in [1.82, 2.24) is 0 Å². The standard InChI is InChI=1S/C12H16F2O/c1-8(7-15)9-5-4-6-10(13)11(9)12(2,3)14/h4-6,8,15H,7H2,1-3H3. The quantitative estimate of drug-likeness (QED) is 0.819. The van der Waals surface area contributed by atoms with E-state index in [4.69, 9.17) is 5.11 Å². The molecule has 0 saturated carbocycles. The van der Waals surface area contributed by atoms with Crippen LogP contribution in [0.15, 0.2) is 18.2 Å². The molecular formula is C12H16F2O. The van der Waals surface area contributed by atoms with Gasteiger partial charge in [-0.2, -0.15) is 0 Å². The number of alkyl halides is 1. The van der Waals surface area contributed by atoms with Gasteiger partial charge in [0.25, 0.3) is 0 Å². The maximum absolute atomic E-state index is 13.8. The minimum atomic E-state index is -1.73. The van der Waals surface area contributed by atoms with Crippen LogP contribution < -0.4 is 0 Å². The van der Waals surface area contributed by atoms with Crippen molar-refractivity contribution < 1.29 is 13.9 Å². The minimum absolute atomic E-state index is 0.0477. The number of aliphatic hydroxyl groups is 1. The van der Waals surface area contributed by atoms with Gasteiger partial charge in [0.1, 0.15) is 11.5 Å². The molecule has 3 heteroatoms. The number of rotatable bonds is 3. The van der Waals surface area contributed by atoms with E-state index in [-0.39, 0.29) is 18.1 Å². The lowest BCUT2D eigenvalue weighted by Crippen LogP contribution is -2.17. The van der Waals surface area contributed by atoms with Crippen LogP contribution in [-0.4, -0.2) is 11.7 Å². The normalized spacial score (nSPS) is 14.0. The van der Waals surface area contributed by atoms with Gasteiger partial charge in [0.05, 0.1) is 0 Å². The van der Waals surface area contributed by atoms with E-state index in [2.05, 4.69) is 0 Å². The maximum Gasteiger partial charge on any atom is 0.133 e. The molecule has 1 atom stereocenters. The minimum Gasteiger partial charge on any atom is -0.396 e. The highest BCUT2D eigenvalue weighted by molar-refractivity contribution is 5.35. The van der Waals surface area contributed by atoms with Crippen LogP contribution >= 0.6 is 0 Å². The molecular weight excluding hydrogens is 198 g/mol. The Morgan fingerprint density at radius 2 is 2.00 bits per heavy atom. The zero-order chi connectivity index (χ0) is 11.6. The van der Waals surface area contributed by atoms with Gasteiger partial charge in [-0.15, -0.1) is 0 Å². The summed E-state index contributed by atoms with van der Waals surface area (Å²) in [5.41, 5.74) is -1.15. The first-order valence-corrected chi connectivity index (χ1v) is 4.96. The Morgan fingerprint density at radius 3 is 2.47 bits per heavy atom. The van der Waals surface area contributed by atoms with E-state index < -0.39 is 11.5 Å². The molecule has 1 N–H and O–H groups in total. The average Bonchev–Trinajstić information content (AvgIpc) is 2.14. The van der Waals surface area contributed by atoms with Crippen molar-refractivity contribution in [3.05, 3.63) is 35.1 Å². The van der Waals surface area contributed by atoms with Gasteiger partial charge < -0.3 is 5.11 Å². The van der Waals surface area contributed by atoms with Crippen molar-refractivity contribution in [1.29, 1.82) is 0 Å². The van der Waals surface area contributed by atoms with Gasteiger partial charge in [-0.1, -0.05) is 19.1 Å². The second kappa shape index (κ2) is 4.27. The molecule has 1 rings (SSSR count). The Kier molecular flexibility index (Phi) is 3.45. The van der Waals surface area contributed by atoms with Crippen molar-refractivity contribution >= 4 is 0 Å². The fraction of sp³-hybridized carbons (Fsp3) is 0.500. The molecule has 1 aromatic carbocycles. The summed E-state index contributed by atoms with van der Waals surface area (Å²) >= 11 is 0. The zero-order valence-electron chi connectivity index (χ0n) is 9.22. The highest BCUT2D eigenvalue weighted by Crippen LogP contribution is 2.33. The van der Waals surface area contributed by atoms with Gasteiger partial charge in [-0.3, -0.25) is 0 Å². The van der Waals surface area contributed by atoms with E-state index >= 15 is 0 Å². The van der Waals surface area contributed by atoms with Crippen LogP contribution in [0.3, 0.4) is 0 Å². The molecule has 0 aliphatic heterocycles. The molecule has 15 heavy (non-hydrogen) atoms. The summed E-state index contributed by atoms with van der Waals surface area (Å²) in [7, 11) is 0. The second-order valence-electron chi connectivity index (χ2n) is 4.26. The van der Waals surface area contributed by atoms with E-state index in [1.807, 2.05) is 0 Å². The summed E-state index contributed by atoms with van der Waals surface area (Å²) in [6.07, 6.45) is 0. The summed E-state index contributed by atoms with van der Waals surface area (Å²) in [4.78, 5) is 0. The van der Waals surface area contributed by atoms with Crippen molar-refractivity contribution in [3.8, 4) is 0 Å². The molecule has 0 bridgehead atoms. The third-order valence-corrected chi connectivity index (χ3v) is 2.45. The topological polar surface area (TPSA) is 20.2 Å². The monoisotopic (exact) mass is 214 g/mol. The van der Waals surface area contributed by atoms with Crippen LogP contribution in [0.2, 0.25) is 0 Å². The Balaban J connectivity index is 3.33. The van der Waals surface area contributed by atoms with Gasteiger partial charge in [0.15, 0.2) is 0 Å². The zero-order valence-corrected chi connectivity index (χ0v) is 9.22.